The first kappa shape index (κ1) is 17.7. The van der Waals surface area contributed by atoms with Crippen molar-refractivity contribution >= 4 is 52.0 Å². The van der Waals surface area contributed by atoms with Crippen LogP contribution in [0.5, 0.6) is 0 Å². The molecule has 0 unspecified atom stereocenters. The fourth-order valence-electron chi connectivity index (χ4n) is 2.26. The zero-order valence-corrected chi connectivity index (χ0v) is 15.8. The molecule has 1 aromatic heterocycles. The van der Waals surface area contributed by atoms with Gasteiger partial charge in [0.2, 0.25) is 0 Å². The predicted octanol–water partition coefficient (Wildman–Crippen LogP) is 5.36. The minimum absolute atomic E-state index is 0.489. The lowest BCUT2D eigenvalue weighted by molar-refractivity contribution is 0.690. The molecule has 2 aromatic carbocycles. The van der Waals surface area contributed by atoms with Crippen LogP contribution in [0.15, 0.2) is 54.7 Å². The van der Waals surface area contributed by atoms with Crippen LogP contribution in [0.2, 0.25) is 10.0 Å². The lowest BCUT2D eigenvalue weighted by Gasteiger charge is -2.09. The maximum Gasteiger partial charge on any atom is 0.176 e. The molecule has 3 aromatic rings. The van der Waals surface area contributed by atoms with E-state index in [1.54, 1.807) is 10.7 Å². The standard InChI is InChI=1S/C18H16Cl2N4S/c1-12-2-5-14(6-3-12)21-18(25)22-17-8-9-24(23-17)11-13-4-7-15(19)16(20)10-13/h2-10H,11H2,1H3,(H2,21,22,23,25). The van der Waals surface area contributed by atoms with Gasteiger partial charge in [-0.1, -0.05) is 47.0 Å². The molecule has 25 heavy (non-hydrogen) atoms. The van der Waals surface area contributed by atoms with E-state index in [0.29, 0.717) is 27.5 Å². The number of halogens is 2. The average Bonchev–Trinajstić information content (AvgIpc) is 3.00. The highest BCUT2D eigenvalue weighted by Gasteiger charge is 2.05. The zero-order valence-electron chi connectivity index (χ0n) is 13.5. The van der Waals surface area contributed by atoms with E-state index in [1.165, 1.54) is 5.56 Å². The maximum absolute atomic E-state index is 6.04. The van der Waals surface area contributed by atoms with Gasteiger partial charge in [-0.25, -0.2) is 0 Å². The van der Waals surface area contributed by atoms with Gasteiger partial charge in [0.1, 0.15) is 0 Å². The van der Waals surface area contributed by atoms with Crippen molar-refractivity contribution in [3.63, 3.8) is 0 Å². The Morgan fingerprint density at radius 2 is 1.80 bits per heavy atom. The number of anilines is 2. The van der Waals surface area contributed by atoms with E-state index < -0.39 is 0 Å². The third-order valence-corrected chi connectivity index (χ3v) is 4.46. The van der Waals surface area contributed by atoms with Gasteiger partial charge in [-0.15, -0.1) is 0 Å². The normalized spacial score (nSPS) is 10.5. The number of hydrogen-bond acceptors (Lipinski definition) is 2. The van der Waals surface area contributed by atoms with Crippen LogP contribution in [0, 0.1) is 6.92 Å². The number of benzene rings is 2. The Labute approximate surface area is 161 Å². The largest absolute Gasteiger partial charge is 0.332 e. The monoisotopic (exact) mass is 390 g/mol. The Bertz CT molecular complexity index is 890. The zero-order chi connectivity index (χ0) is 17.8. The number of nitrogens with zero attached hydrogens (tertiary/aromatic N) is 2. The lowest BCUT2D eigenvalue weighted by atomic mass is 10.2. The van der Waals surface area contributed by atoms with E-state index >= 15 is 0 Å². The van der Waals surface area contributed by atoms with Crippen molar-refractivity contribution in [3.05, 3.63) is 75.9 Å². The van der Waals surface area contributed by atoms with Crippen molar-refractivity contribution in [1.82, 2.24) is 9.78 Å². The van der Waals surface area contributed by atoms with Crippen LogP contribution < -0.4 is 10.6 Å². The minimum Gasteiger partial charge on any atom is -0.332 e. The van der Waals surface area contributed by atoms with Crippen LogP contribution in [0.3, 0.4) is 0 Å². The minimum atomic E-state index is 0.489. The maximum atomic E-state index is 6.04. The number of hydrogen-bond donors (Lipinski definition) is 2. The first-order valence-electron chi connectivity index (χ1n) is 7.62. The first-order chi connectivity index (χ1) is 12.0. The van der Waals surface area contributed by atoms with Crippen molar-refractivity contribution < 1.29 is 0 Å². The number of aryl methyl sites for hydroxylation is 1. The summed E-state index contributed by atoms with van der Waals surface area (Å²) in [6, 6.07) is 15.4. The average molecular weight is 391 g/mol. The second-order valence-electron chi connectivity index (χ2n) is 5.59. The van der Waals surface area contributed by atoms with Crippen molar-refractivity contribution in [2.45, 2.75) is 13.5 Å². The third-order valence-electron chi connectivity index (χ3n) is 3.52. The fraction of sp³-hybridized carbons (Fsp3) is 0.111. The van der Waals surface area contributed by atoms with Crippen LogP contribution >= 0.6 is 35.4 Å². The van der Waals surface area contributed by atoms with Gasteiger partial charge in [0.05, 0.1) is 16.6 Å². The summed E-state index contributed by atoms with van der Waals surface area (Å²) in [6.45, 7) is 2.64. The number of nitrogens with one attached hydrogen (secondary N) is 2. The Morgan fingerprint density at radius 1 is 1.04 bits per heavy atom. The molecule has 4 nitrogen and oxygen atoms in total. The summed E-state index contributed by atoms with van der Waals surface area (Å²) in [5.74, 6) is 0.671. The van der Waals surface area contributed by atoms with Crippen molar-refractivity contribution in [2.24, 2.45) is 0 Å². The quantitative estimate of drug-likeness (QED) is 0.588. The van der Waals surface area contributed by atoms with Gasteiger partial charge in [0.25, 0.3) is 0 Å². The summed E-state index contributed by atoms with van der Waals surface area (Å²) in [5, 5.41) is 12.2. The molecule has 2 N–H and O–H groups in total. The van der Waals surface area contributed by atoms with E-state index in [0.717, 1.165) is 11.3 Å². The van der Waals surface area contributed by atoms with Crippen LogP contribution in [0.1, 0.15) is 11.1 Å². The van der Waals surface area contributed by atoms with Crippen LogP contribution in [0.4, 0.5) is 11.5 Å². The molecule has 7 heteroatoms. The van der Waals surface area contributed by atoms with Crippen molar-refractivity contribution in [3.8, 4) is 0 Å². The molecule has 0 atom stereocenters. The molecule has 3 rings (SSSR count). The van der Waals surface area contributed by atoms with Gasteiger partial charge in [0, 0.05) is 18.0 Å². The molecular weight excluding hydrogens is 375 g/mol. The van der Waals surface area contributed by atoms with Crippen LogP contribution in [0.25, 0.3) is 0 Å². The molecule has 128 valence electrons. The predicted molar refractivity (Wildman–Crippen MR) is 109 cm³/mol. The molecule has 0 aliphatic rings. The molecular formula is C18H16Cl2N4S. The lowest BCUT2D eigenvalue weighted by Crippen LogP contribution is -2.19. The van der Waals surface area contributed by atoms with Gasteiger partial charge in [-0.3, -0.25) is 4.68 Å². The molecule has 0 aliphatic carbocycles. The summed E-state index contributed by atoms with van der Waals surface area (Å²) >= 11 is 17.3. The molecule has 0 bridgehead atoms. The molecule has 0 radical (unpaired) electrons. The highest BCUT2D eigenvalue weighted by molar-refractivity contribution is 7.80. The highest BCUT2D eigenvalue weighted by atomic mass is 35.5. The van der Waals surface area contributed by atoms with Gasteiger partial charge in [0.15, 0.2) is 10.9 Å². The SMILES string of the molecule is Cc1ccc(NC(=S)Nc2ccn(Cc3ccc(Cl)c(Cl)c3)n2)cc1. The molecule has 0 spiro atoms. The summed E-state index contributed by atoms with van der Waals surface area (Å²) in [6.07, 6.45) is 1.87. The van der Waals surface area contributed by atoms with Gasteiger partial charge in [-0.2, -0.15) is 5.10 Å². The Balaban J connectivity index is 1.60. The molecule has 0 saturated carbocycles. The van der Waals surface area contributed by atoms with Crippen molar-refractivity contribution in [2.75, 3.05) is 10.6 Å². The fourth-order valence-corrected chi connectivity index (χ4v) is 2.80. The number of aromatic nitrogens is 2. The smallest absolute Gasteiger partial charge is 0.176 e. The summed E-state index contributed by atoms with van der Waals surface area (Å²) < 4.78 is 1.80. The molecule has 0 amide bonds. The number of thiocarbonyl (C=S) groups is 1. The van der Waals surface area contributed by atoms with Gasteiger partial charge < -0.3 is 10.6 Å². The summed E-state index contributed by atoms with van der Waals surface area (Å²) in [5.41, 5.74) is 3.15. The van der Waals surface area contributed by atoms with E-state index in [4.69, 9.17) is 35.4 Å². The van der Waals surface area contributed by atoms with E-state index in [-0.39, 0.29) is 0 Å². The second-order valence-corrected chi connectivity index (χ2v) is 6.81. The molecule has 0 fully saturated rings. The first-order valence-corrected chi connectivity index (χ1v) is 8.78. The number of rotatable bonds is 4. The third kappa shape index (κ3) is 4.95. The van der Waals surface area contributed by atoms with Crippen LogP contribution in [-0.4, -0.2) is 14.9 Å². The van der Waals surface area contributed by atoms with E-state index in [2.05, 4.69) is 15.7 Å². The topological polar surface area (TPSA) is 41.9 Å². The van der Waals surface area contributed by atoms with Crippen LogP contribution in [-0.2, 0) is 6.54 Å². The Hall–Kier alpha value is -2.08. The molecule has 0 saturated heterocycles. The summed E-state index contributed by atoms with van der Waals surface area (Å²) in [4.78, 5) is 0. The van der Waals surface area contributed by atoms with Gasteiger partial charge in [-0.05, 0) is 49.0 Å². The Kier molecular flexibility index (Phi) is 5.58. The molecule has 0 aliphatic heterocycles. The second kappa shape index (κ2) is 7.87. The van der Waals surface area contributed by atoms with E-state index in [9.17, 15) is 0 Å². The van der Waals surface area contributed by atoms with E-state index in [1.807, 2.05) is 55.6 Å². The van der Waals surface area contributed by atoms with Gasteiger partial charge >= 0.3 is 0 Å². The Morgan fingerprint density at radius 3 is 2.52 bits per heavy atom. The van der Waals surface area contributed by atoms with Crippen molar-refractivity contribution in [1.29, 1.82) is 0 Å². The highest BCUT2D eigenvalue weighted by Crippen LogP contribution is 2.23. The summed E-state index contributed by atoms with van der Waals surface area (Å²) in [7, 11) is 0. The molecule has 1 heterocycles.